The molecule has 2 rings (SSSR count). The average molecular weight is 276 g/mol. The number of rotatable bonds is 4. The fourth-order valence-corrected chi connectivity index (χ4v) is 2.47. The van der Waals surface area contributed by atoms with Crippen LogP contribution in [0.5, 0.6) is 5.75 Å². The molecule has 4 nitrogen and oxygen atoms in total. The van der Waals surface area contributed by atoms with Crippen molar-refractivity contribution < 1.29 is 14.4 Å². The number of hydrogen-bond donors (Lipinski definition) is 2. The zero-order valence-electron chi connectivity index (χ0n) is 12.5. The van der Waals surface area contributed by atoms with Crippen LogP contribution in [0.4, 0.5) is 0 Å². The summed E-state index contributed by atoms with van der Waals surface area (Å²) in [5, 5.41) is 11.0. The second-order valence-electron chi connectivity index (χ2n) is 5.21. The van der Waals surface area contributed by atoms with E-state index in [2.05, 4.69) is 13.8 Å². The van der Waals surface area contributed by atoms with Gasteiger partial charge in [0.15, 0.2) is 5.58 Å². The van der Waals surface area contributed by atoms with E-state index in [0.29, 0.717) is 17.7 Å². The van der Waals surface area contributed by atoms with Gasteiger partial charge in [0.25, 0.3) is 0 Å². The normalized spacial score (nSPS) is 11.4. The van der Waals surface area contributed by atoms with Gasteiger partial charge in [-0.15, -0.1) is 0 Å². The maximum Gasteiger partial charge on any atom is 0.339 e. The van der Waals surface area contributed by atoms with Crippen LogP contribution < -0.4 is 10.5 Å². The lowest BCUT2D eigenvalue weighted by Crippen LogP contribution is -3.10. The van der Waals surface area contributed by atoms with Gasteiger partial charge in [-0.25, -0.2) is 4.79 Å². The second kappa shape index (κ2) is 5.67. The third kappa shape index (κ3) is 2.43. The topological polar surface area (TPSA) is 54.9 Å². The fourth-order valence-electron chi connectivity index (χ4n) is 2.47. The number of aryl methyl sites for hydroxylation is 1. The second-order valence-corrected chi connectivity index (χ2v) is 5.21. The number of phenolic OH excluding ortho intramolecular Hbond substituents is 1. The number of hydrogen-bond acceptors (Lipinski definition) is 3. The van der Waals surface area contributed by atoms with Crippen molar-refractivity contribution in [1.82, 2.24) is 0 Å². The number of aromatic hydroxyl groups is 1. The third-order valence-corrected chi connectivity index (χ3v) is 4.13. The van der Waals surface area contributed by atoms with E-state index in [-0.39, 0.29) is 11.4 Å². The van der Waals surface area contributed by atoms with E-state index < -0.39 is 0 Å². The van der Waals surface area contributed by atoms with Crippen LogP contribution in [-0.2, 0) is 6.54 Å². The van der Waals surface area contributed by atoms with Crippen molar-refractivity contribution in [3.8, 4) is 5.75 Å². The van der Waals surface area contributed by atoms with Gasteiger partial charge in [0.2, 0.25) is 0 Å². The van der Waals surface area contributed by atoms with Crippen molar-refractivity contribution in [2.45, 2.75) is 34.2 Å². The van der Waals surface area contributed by atoms with Gasteiger partial charge in [-0.05, 0) is 45.4 Å². The predicted octanol–water partition coefficient (Wildman–Crippen LogP) is 1.54. The summed E-state index contributed by atoms with van der Waals surface area (Å²) in [5.41, 5.74) is 2.48. The molecule has 0 amide bonds. The first kappa shape index (κ1) is 14.6. The monoisotopic (exact) mass is 276 g/mol. The van der Waals surface area contributed by atoms with Crippen molar-refractivity contribution >= 4 is 11.0 Å². The highest BCUT2D eigenvalue weighted by Gasteiger charge is 2.17. The Balaban J connectivity index is 2.70. The smallest absolute Gasteiger partial charge is 0.339 e. The summed E-state index contributed by atoms with van der Waals surface area (Å²) in [7, 11) is 0. The summed E-state index contributed by atoms with van der Waals surface area (Å²) in [6, 6.07) is 3.50. The predicted molar refractivity (Wildman–Crippen MR) is 79.4 cm³/mol. The minimum absolute atomic E-state index is 0.198. The van der Waals surface area contributed by atoms with Crippen molar-refractivity contribution in [3.05, 3.63) is 39.2 Å². The molecule has 0 fully saturated rings. The largest absolute Gasteiger partial charge is 0.507 e. The van der Waals surface area contributed by atoms with E-state index in [1.807, 2.05) is 13.0 Å². The first-order valence-electron chi connectivity index (χ1n) is 7.08. The zero-order chi connectivity index (χ0) is 14.9. The van der Waals surface area contributed by atoms with Gasteiger partial charge in [0.1, 0.15) is 12.3 Å². The summed E-state index contributed by atoms with van der Waals surface area (Å²) in [6.45, 7) is 10.5. The summed E-state index contributed by atoms with van der Waals surface area (Å²) >= 11 is 0. The maximum absolute atomic E-state index is 11.9. The standard InChI is InChI=1S/C16H21NO3/c1-5-17(6-2)9-13-14(18)8-7-12-10(3)11(4)16(19)20-15(12)13/h7-8,18H,5-6,9H2,1-4H3/p+1. The van der Waals surface area contributed by atoms with Gasteiger partial charge in [-0.2, -0.15) is 0 Å². The van der Waals surface area contributed by atoms with Crippen LogP contribution >= 0.6 is 0 Å². The Kier molecular flexibility index (Phi) is 4.14. The molecular formula is C16H22NO3+. The minimum Gasteiger partial charge on any atom is -0.507 e. The number of nitrogens with one attached hydrogen (secondary N) is 1. The molecule has 0 unspecified atom stereocenters. The highest BCUT2D eigenvalue weighted by atomic mass is 16.4. The van der Waals surface area contributed by atoms with E-state index in [1.54, 1.807) is 13.0 Å². The average Bonchev–Trinajstić information content (AvgIpc) is 2.44. The lowest BCUT2D eigenvalue weighted by molar-refractivity contribution is -0.910. The Morgan fingerprint density at radius 1 is 1.15 bits per heavy atom. The SMILES string of the molecule is CC[NH+](CC)Cc1c(O)ccc2c(C)c(C)c(=O)oc12. The Morgan fingerprint density at radius 2 is 1.80 bits per heavy atom. The molecule has 20 heavy (non-hydrogen) atoms. The van der Waals surface area contributed by atoms with Crippen LogP contribution in [0.15, 0.2) is 21.3 Å². The Labute approximate surface area is 118 Å². The Morgan fingerprint density at radius 3 is 2.40 bits per heavy atom. The first-order valence-corrected chi connectivity index (χ1v) is 7.08. The number of phenols is 1. The van der Waals surface area contributed by atoms with Gasteiger partial charge in [0.05, 0.1) is 18.7 Å². The van der Waals surface area contributed by atoms with Crippen LogP contribution in [0.25, 0.3) is 11.0 Å². The molecule has 1 aromatic carbocycles. The third-order valence-electron chi connectivity index (χ3n) is 4.13. The molecule has 0 saturated heterocycles. The van der Waals surface area contributed by atoms with Crippen LogP contribution in [0.2, 0.25) is 0 Å². The summed E-state index contributed by atoms with van der Waals surface area (Å²) < 4.78 is 5.45. The van der Waals surface area contributed by atoms with Crippen molar-refractivity contribution in [1.29, 1.82) is 0 Å². The summed E-state index contributed by atoms with van der Waals surface area (Å²) in [5.74, 6) is 0.198. The molecule has 2 aromatic rings. The summed E-state index contributed by atoms with van der Waals surface area (Å²) in [4.78, 5) is 13.2. The molecule has 2 N–H and O–H groups in total. The van der Waals surface area contributed by atoms with E-state index in [9.17, 15) is 9.90 Å². The molecule has 0 saturated carbocycles. The van der Waals surface area contributed by atoms with Crippen LogP contribution in [0.3, 0.4) is 0 Å². The fraction of sp³-hybridized carbons (Fsp3) is 0.438. The van der Waals surface area contributed by atoms with Gasteiger partial charge in [-0.3, -0.25) is 0 Å². The van der Waals surface area contributed by atoms with Gasteiger partial charge in [-0.1, -0.05) is 0 Å². The highest BCUT2D eigenvalue weighted by molar-refractivity contribution is 5.85. The molecule has 0 radical (unpaired) electrons. The lowest BCUT2D eigenvalue weighted by Gasteiger charge is -2.17. The molecule has 1 heterocycles. The molecule has 0 bridgehead atoms. The van der Waals surface area contributed by atoms with Crippen molar-refractivity contribution in [2.24, 2.45) is 0 Å². The van der Waals surface area contributed by atoms with Crippen molar-refractivity contribution in [2.75, 3.05) is 13.1 Å². The number of benzene rings is 1. The molecule has 108 valence electrons. The van der Waals surface area contributed by atoms with E-state index in [0.717, 1.165) is 29.6 Å². The van der Waals surface area contributed by atoms with Crippen LogP contribution in [0.1, 0.15) is 30.5 Å². The van der Waals surface area contributed by atoms with Gasteiger partial charge < -0.3 is 14.4 Å². The quantitative estimate of drug-likeness (QED) is 0.833. The van der Waals surface area contributed by atoms with Gasteiger partial charge in [0, 0.05) is 10.9 Å². The summed E-state index contributed by atoms with van der Waals surface area (Å²) in [6.07, 6.45) is 0. The molecule has 0 aliphatic heterocycles. The molecule has 4 heteroatoms. The minimum atomic E-state index is -0.323. The molecular weight excluding hydrogens is 254 g/mol. The Bertz CT molecular complexity index is 684. The first-order chi connectivity index (χ1) is 9.49. The number of quaternary nitrogens is 1. The van der Waals surface area contributed by atoms with E-state index >= 15 is 0 Å². The molecule has 0 aliphatic rings. The number of fused-ring (bicyclic) bond motifs is 1. The van der Waals surface area contributed by atoms with Crippen LogP contribution in [-0.4, -0.2) is 18.2 Å². The Hall–Kier alpha value is -1.81. The van der Waals surface area contributed by atoms with E-state index in [1.165, 1.54) is 4.90 Å². The maximum atomic E-state index is 11.9. The molecule has 1 aromatic heterocycles. The molecule has 0 atom stereocenters. The lowest BCUT2D eigenvalue weighted by atomic mass is 10.0. The van der Waals surface area contributed by atoms with Gasteiger partial charge >= 0.3 is 5.63 Å². The highest BCUT2D eigenvalue weighted by Crippen LogP contribution is 2.28. The molecule has 0 spiro atoms. The van der Waals surface area contributed by atoms with E-state index in [4.69, 9.17) is 4.42 Å². The van der Waals surface area contributed by atoms with Crippen molar-refractivity contribution in [3.63, 3.8) is 0 Å². The van der Waals surface area contributed by atoms with Crippen LogP contribution in [0, 0.1) is 13.8 Å². The zero-order valence-corrected chi connectivity index (χ0v) is 12.5. The molecule has 0 aliphatic carbocycles.